The molecule has 2 N–H and O–H groups in total. The Balaban J connectivity index is 1.26. The van der Waals surface area contributed by atoms with Crippen LogP contribution < -0.4 is 10.6 Å². The third kappa shape index (κ3) is 5.49. The quantitative estimate of drug-likeness (QED) is 0.715. The largest absolute Gasteiger partial charge is 0.471 e. The summed E-state index contributed by atoms with van der Waals surface area (Å²) in [5, 5.41) is 4.88. The highest BCUT2D eigenvalue weighted by molar-refractivity contribution is 5.95. The Hall–Kier alpha value is -3.56. The van der Waals surface area contributed by atoms with Gasteiger partial charge >= 0.3 is 18.1 Å². The van der Waals surface area contributed by atoms with Crippen molar-refractivity contribution in [1.82, 2.24) is 20.4 Å². The monoisotopic (exact) mass is 474 g/mol. The predicted molar refractivity (Wildman–Crippen MR) is 119 cm³/mol. The van der Waals surface area contributed by atoms with Crippen molar-refractivity contribution in [2.75, 3.05) is 26.2 Å². The number of urea groups is 1. The van der Waals surface area contributed by atoms with Gasteiger partial charge in [-0.1, -0.05) is 42.5 Å². The Morgan fingerprint density at radius 1 is 0.765 bits per heavy atom. The van der Waals surface area contributed by atoms with E-state index in [0.717, 1.165) is 11.1 Å². The van der Waals surface area contributed by atoms with Crippen molar-refractivity contribution in [2.24, 2.45) is 0 Å². The number of carbonyl (C=O) groups is 3. The summed E-state index contributed by atoms with van der Waals surface area (Å²) >= 11 is 0. The van der Waals surface area contributed by atoms with Crippen molar-refractivity contribution in [1.29, 1.82) is 0 Å². The van der Waals surface area contributed by atoms with Gasteiger partial charge in [0.05, 0.1) is 0 Å². The molecule has 4 rings (SSSR count). The van der Waals surface area contributed by atoms with Gasteiger partial charge in [0.2, 0.25) is 0 Å². The molecule has 2 fully saturated rings. The number of nitrogens with one attached hydrogen (secondary N) is 2. The molecule has 34 heavy (non-hydrogen) atoms. The zero-order valence-corrected chi connectivity index (χ0v) is 18.3. The summed E-state index contributed by atoms with van der Waals surface area (Å²) in [7, 11) is 0. The number of likely N-dealkylation sites (tertiary alicyclic amines) is 2. The second kappa shape index (κ2) is 9.74. The predicted octanol–water partition coefficient (Wildman–Crippen LogP) is 3.03. The Morgan fingerprint density at radius 3 is 1.85 bits per heavy atom. The van der Waals surface area contributed by atoms with Gasteiger partial charge < -0.3 is 20.4 Å². The molecule has 0 aromatic heterocycles. The van der Waals surface area contributed by atoms with Crippen LogP contribution in [0.25, 0.3) is 11.1 Å². The van der Waals surface area contributed by atoms with E-state index in [2.05, 4.69) is 5.32 Å². The normalized spacial score (nSPS) is 20.3. The van der Waals surface area contributed by atoms with Gasteiger partial charge in [0.1, 0.15) is 0 Å². The summed E-state index contributed by atoms with van der Waals surface area (Å²) in [6.45, 7) is 1.06. The van der Waals surface area contributed by atoms with Crippen LogP contribution in [0.2, 0.25) is 0 Å². The van der Waals surface area contributed by atoms with Crippen molar-refractivity contribution in [3.63, 3.8) is 0 Å². The van der Waals surface area contributed by atoms with Gasteiger partial charge in [-0.25, -0.2) is 4.79 Å². The van der Waals surface area contributed by atoms with Crippen LogP contribution in [0.3, 0.4) is 0 Å². The molecule has 0 saturated carbocycles. The number of hydrogen-bond acceptors (Lipinski definition) is 3. The van der Waals surface area contributed by atoms with Crippen molar-refractivity contribution < 1.29 is 27.6 Å². The van der Waals surface area contributed by atoms with Gasteiger partial charge in [-0.05, 0) is 36.1 Å². The first-order chi connectivity index (χ1) is 16.2. The third-order valence-corrected chi connectivity index (χ3v) is 6.10. The summed E-state index contributed by atoms with van der Waals surface area (Å²) in [4.78, 5) is 39.5. The minimum atomic E-state index is -4.94. The molecule has 0 spiro atoms. The zero-order valence-electron chi connectivity index (χ0n) is 18.3. The van der Waals surface area contributed by atoms with Crippen molar-refractivity contribution in [3.8, 4) is 11.1 Å². The summed E-state index contributed by atoms with van der Waals surface area (Å²) in [6, 6.07) is 15.9. The van der Waals surface area contributed by atoms with Gasteiger partial charge in [-0.3, -0.25) is 9.59 Å². The SMILES string of the molecule is O=C(NC1CCN(C(=O)N2CCC(NC(=O)C(F)(F)F)C2)C1)c1ccc(-c2ccccc2)cc1. The van der Waals surface area contributed by atoms with Crippen LogP contribution in [0.1, 0.15) is 23.2 Å². The van der Waals surface area contributed by atoms with Crippen molar-refractivity contribution in [2.45, 2.75) is 31.1 Å². The van der Waals surface area contributed by atoms with Crippen LogP contribution in [0, 0.1) is 0 Å². The lowest BCUT2D eigenvalue weighted by Gasteiger charge is -2.24. The number of halogens is 3. The number of carbonyl (C=O) groups excluding carboxylic acids is 3. The van der Waals surface area contributed by atoms with Gasteiger partial charge in [-0.15, -0.1) is 0 Å². The smallest absolute Gasteiger partial charge is 0.347 e. The lowest BCUT2D eigenvalue weighted by molar-refractivity contribution is -0.174. The molecule has 10 heteroatoms. The fourth-order valence-electron chi connectivity index (χ4n) is 4.28. The van der Waals surface area contributed by atoms with E-state index in [1.807, 2.05) is 47.8 Å². The summed E-state index contributed by atoms with van der Waals surface area (Å²) < 4.78 is 37.3. The summed E-state index contributed by atoms with van der Waals surface area (Å²) in [5.41, 5.74) is 2.58. The fourth-order valence-corrected chi connectivity index (χ4v) is 4.28. The lowest BCUT2D eigenvalue weighted by Crippen LogP contribution is -2.47. The van der Waals surface area contributed by atoms with E-state index in [9.17, 15) is 27.6 Å². The average molecular weight is 474 g/mol. The first-order valence-electron chi connectivity index (χ1n) is 11.1. The first-order valence-corrected chi connectivity index (χ1v) is 11.1. The summed E-state index contributed by atoms with van der Waals surface area (Å²) in [5.74, 6) is -2.22. The first kappa shape index (κ1) is 23.6. The lowest BCUT2D eigenvalue weighted by atomic mass is 10.0. The Bertz CT molecular complexity index is 1040. The molecule has 0 bridgehead atoms. The molecule has 2 aliphatic rings. The fraction of sp³-hybridized carbons (Fsp3) is 0.375. The minimum Gasteiger partial charge on any atom is -0.347 e. The van der Waals surface area contributed by atoms with E-state index in [1.165, 1.54) is 4.90 Å². The van der Waals surface area contributed by atoms with Gasteiger partial charge in [-0.2, -0.15) is 13.2 Å². The topological polar surface area (TPSA) is 81.8 Å². The van der Waals surface area contributed by atoms with Crippen LogP contribution >= 0.6 is 0 Å². The molecule has 180 valence electrons. The number of amides is 4. The molecule has 0 radical (unpaired) electrons. The van der Waals surface area contributed by atoms with Crippen molar-refractivity contribution in [3.05, 3.63) is 60.2 Å². The second-order valence-electron chi connectivity index (χ2n) is 8.53. The molecule has 2 atom stereocenters. The minimum absolute atomic E-state index is 0.0297. The molecule has 7 nitrogen and oxygen atoms in total. The van der Waals surface area contributed by atoms with Gasteiger partial charge in [0.15, 0.2) is 0 Å². The maximum absolute atomic E-state index is 12.8. The Kier molecular flexibility index (Phi) is 6.76. The highest BCUT2D eigenvalue weighted by Crippen LogP contribution is 2.21. The van der Waals surface area contributed by atoms with E-state index < -0.39 is 18.1 Å². The highest BCUT2D eigenvalue weighted by Gasteiger charge is 2.41. The molecule has 2 heterocycles. The molecular weight excluding hydrogens is 449 g/mol. The van der Waals surface area contributed by atoms with Crippen LogP contribution in [-0.2, 0) is 4.79 Å². The maximum atomic E-state index is 12.8. The zero-order chi connectivity index (χ0) is 24.3. The van der Waals surface area contributed by atoms with Crippen LogP contribution in [0.15, 0.2) is 54.6 Å². The number of alkyl halides is 3. The maximum Gasteiger partial charge on any atom is 0.471 e. The van der Waals surface area contributed by atoms with E-state index >= 15 is 0 Å². The van der Waals surface area contributed by atoms with Gasteiger partial charge in [0, 0.05) is 43.8 Å². The van der Waals surface area contributed by atoms with Crippen LogP contribution in [-0.4, -0.2) is 72.1 Å². The molecule has 4 amide bonds. The van der Waals surface area contributed by atoms with Crippen molar-refractivity contribution >= 4 is 17.8 Å². The van der Waals surface area contributed by atoms with E-state index in [-0.39, 0.29) is 37.5 Å². The highest BCUT2D eigenvalue weighted by atomic mass is 19.4. The number of benzene rings is 2. The molecule has 2 aliphatic heterocycles. The number of hydrogen-bond donors (Lipinski definition) is 2. The molecule has 0 aliphatic carbocycles. The number of nitrogens with zero attached hydrogens (tertiary/aromatic N) is 2. The Labute approximate surface area is 194 Å². The summed E-state index contributed by atoms with van der Waals surface area (Å²) in [6.07, 6.45) is -4.10. The van der Waals surface area contributed by atoms with Gasteiger partial charge in [0.25, 0.3) is 5.91 Å². The molecular formula is C24H25F3N4O3. The van der Waals surface area contributed by atoms with E-state index in [1.54, 1.807) is 17.0 Å². The van der Waals surface area contributed by atoms with Crippen LogP contribution in [0.4, 0.5) is 18.0 Å². The Morgan fingerprint density at radius 2 is 1.29 bits per heavy atom. The van der Waals surface area contributed by atoms with E-state index in [4.69, 9.17) is 0 Å². The molecule has 2 unspecified atom stereocenters. The molecule has 2 aromatic rings. The number of rotatable bonds is 4. The standard InChI is InChI=1S/C24H25F3N4O3/c25-24(26,27)22(33)29-20-11-13-31(15-20)23(34)30-12-10-19(14-30)28-21(32)18-8-6-17(7-9-18)16-4-2-1-3-5-16/h1-9,19-20H,10-15H2,(H,28,32)(H,29,33). The third-order valence-electron chi connectivity index (χ3n) is 6.10. The second-order valence-corrected chi connectivity index (χ2v) is 8.53. The molecule has 2 aromatic carbocycles. The van der Waals surface area contributed by atoms with E-state index in [0.29, 0.717) is 25.1 Å². The molecule has 2 saturated heterocycles. The van der Waals surface area contributed by atoms with Crippen LogP contribution in [0.5, 0.6) is 0 Å². The average Bonchev–Trinajstić information content (AvgIpc) is 3.48.